The monoisotopic (exact) mass is 341 g/mol. The van der Waals surface area contributed by atoms with E-state index >= 15 is 0 Å². The normalized spacial score (nSPS) is 16.5. The van der Waals surface area contributed by atoms with Crippen LogP contribution < -0.4 is 5.32 Å². The smallest absolute Gasteiger partial charge is 0.249 e. The SMILES string of the molecule is Brc1cccc(-c2noc(C3Cc4ccccc4N3)n2)c1. The lowest BCUT2D eigenvalue weighted by molar-refractivity contribution is 0.364. The molecule has 2 heterocycles. The molecule has 2 aromatic carbocycles. The number of halogens is 1. The van der Waals surface area contributed by atoms with Crippen molar-refractivity contribution in [3.63, 3.8) is 0 Å². The molecule has 0 bridgehead atoms. The molecule has 0 radical (unpaired) electrons. The van der Waals surface area contributed by atoms with Gasteiger partial charge in [0.05, 0.1) is 0 Å². The van der Waals surface area contributed by atoms with Crippen LogP contribution in [0, 0.1) is 0 Å². The van der Waals surface area contributed by atoms with Crippen LogP contribution >= 0.6 is 15.9 Å². The summed E-state index contributed by atoms with van der Waals surface area (Å²) in [5.74, 6) is 1.24. The highest BCUT2D eigenvalue weighted by molar-refractivity contribution is 9.10. The molecule has 1 aliphatic rings. The first-order chi connectivity index (χ1) is 10.3. The molecule has 3 aromatic rings. The summed E-state index contributed by atoms with van der Waals surface area (Å²) < 4.78 is 6.43. The average molecular weight is 342 g/mol. The number of aromatic nitrogens is 2. The van der Waals surface area contributed by atoms with Crippen LogP contribution in [0.4, 0.5) is 5.69 Å². The Kier molecular flexibility index (Phi) is 3.00. The molecule has 21 heavy (non-hydrogen) atoms. The molecule has 1 aliphatic heterocycles. The predicted octanol–water partition coefficient (Wildman–Crippen LogP) is 4.21. The van der Waals surface area contributed by atoms with Crippen LogP contribution in [0.3, 0.4) is 0 Å². The van der Waals surface area contributed by atoms with Crippen molar-refractivity contribution in [2.24, 2.45) is 0 Å². The minimum atomic E-state index is 0.0517. The molecule has 104 valence electrons. The Labute approximate surface area is 130 Å². The van der Waals surface area contributed by atoms with Crippen molar-refractivity contribution in [2.45, 2.75) is 12.5 Å². The number of hydrogen-bond donors (Lipinski definition) is 1. The quantitative estimate of drug-likeness (QED) is 0.758. The Balaban J connectivity index is 1.62. The number of benzene rings is 2. The molecule has 0 saturated carbocycles. The Hall–Kier alpha value is -2.14. The molecule has 1 aromatic heterocycles. The number of rotatable bonds is 2. The van der Waals surface area contributed by atoms with Crippen LogP contribution in [0.5, 0.6) is 0 Å². The number of hydrogen-bond acceptors (Lipinski definition) is 4. The Morgan fingerprint density at radius 2 is 2.05 bits per heavy atom. The second-order valence-electron chi connectivity index (χ2n) is 5.02. The molecule has 0 amide bonds. The molecule has 1 atom stereocenters. The van der Waals surface area contributed by atoms with Gasteiger partial charge in [-0.3, -0.25) is 0 Å². The van der Waals surface area contributed by atoms with E-state index in [4.69, 9.17) is 4.52 Å². The molecule has 0 fully saturated rings. The van der Waals surface area contributed by atoms with Gasteiger partial charge < -0.3 is 9.84 Å². The third-order valence-electron chi connectivity index (χ3n) is 3.59. The standard InChI is InChI=1S/C16H12BrN3O/c17-12-6-3-5-11(8-12)15-19-16(21-20-15)14-9-10-4-1-2-7-13(10)18-14/h1-8,14,18H,9H2. The van der Waals surface area contributed by atoms with Crippen molar-refractivity contribution >= 4 is 21.6 Å². The molecule has 1 N–H and O–H groups in total. The third-order valence-corrected chi connectivity index (χ3v) is 4.09. The maximum Gasteiger partial charge on any atom is 0.249 e. The lowest BCUT2D eigenvalue weighted by Crippen LogP contribution is -2.05. The minimum Gasteiger partial charge on any atom is -0.373 e. The molecular weight excluding hydrogens is 330 g/mol. The van der Waals surface area contributed by atoms with E-state index in [9.17, 15) is 0 Å². The second kappa shape index (κ2) is 5.00. The molecule has 0 aliphatic carbocycles. The van der Waals surface area contributed by atoms with Crippen molar-refractivity contribution in [2.75, 3.05) is 5.32 Å². The first kappa shape index (κ1) is 12.6. The summed E-state index contributed by atoms with van der Waals surface area (Å²) in [5, 5.41) is 7.51. The van der Waals surface area contributed by atoms with E-state index in [-0.39, 0.29) is 6.04 Å². The van der Waals surface area contributed by atoms with Gasteiger partial charge >= 0.3 is 0 Å². The fourth-order valence-electron chi connectivity index (χ4n) is 2.57. The molecule has 5 heteroatoms. The van der Waals surface area contributed by atoms with Gasteiger partial charge in [-0.2, -0.15) is 4.98 Å². The van der Waals surface area contributed by atoms with E-state index in [0.717, 1.165) is 22.1 Å². The van der Waals surface area contributed by atoms with E-state index in [2.05, 4.69) is 43.5 Å². The van der Waals surface area contributed by atoms with Gasteiger partial charge in [-0.25, -0.2) is 0 Å². The average Bonchev–Trinajstić information content (AvgIpc) is 3.14. The van der Waals surface area contributed by atoms with Crippen LogP contribution in [0.1, 0.15) is 17.5 Å². The molecule has 0 saturated heterocycles. The Morgan fingerprint density at radius 1 is 1.14 bits per heavy atom. The molecule has 4 rings (SSSR count). The van der Waals surface area contributed by atoms with Crippen LogP contribution in [0.25, 0.3) is 11.4 Å². The topological polar surface area (TPSA) is 51.0 Å². The summed E-state index contributed by atoms with van der Waals surface area (Å²) in [5.41, 5.74) is 3.37. The predicted molar refractivity (Wildman–Crippen MR) is 83.9 cm³/mol. The van der Waals surface area contributed by atoms with Crippen LogP contribution in [-0.2, 0) is 6.42 Å². The first-order valence-electron chi connectivity index (χ1n) is 6.73. The van der Waals surface area contributed by atoms with E-state index in [0.29, 0.717) is 11.7 Å². The number of fused-ring (bicyclic) bond motifs is 1. The van der Waals surface area contributed by atoms with Crippen molar-refractivity contribution in [1.82, 2.24) is 10.1 Å². The van der Waals surface area contributed by atoms with Gasteiger partial charge in [-0.1, -0.05) is 51.4 Å². The maximum atomic E-state index is 5.44. The summed E-state index contributed by atoms with van der Waals surface area (Å²) in [7, 11) is 0. The zero-order valence-electron chi connectivity index (χ0n) is 11.1. The Morgan fingerprint density at radius 3 is 2.90 bits per heavy atom. The summed E-state index contributed by atoms with van der Waals surface area (Å²) in [6.45, 7) is 0. The van der Waals surface area contributed by atoms with Crippen LogP contribution in [0.15, 0.2) is 57.5 Å². The fourth-order valence-corrected chi connectivity index (χ4v) is 2.97. The van der Waals surface area contributed by atoms with Gasteiger partial charge in [0.15, 0.2) is 0 Å². The van der Waals surface area contributed by atoms with Crippen LogP contribution in [0.2, 0.25) is 0 Å². The van der Waals surface area contributed by atoms with E-state index in [1.165, 1.54) is 5.56 Å². The minimum absolute atomic E-state index is 0.0517. The van der Waals surface area contributed by atoms with Crippen LogP contribution in [-0.4, -0.2) is 10.1 Å². The van der Waals surface area contributed by atoms with Crippen molar-refractivity contribution in [3.8, 4) is 11.4 Å². The molecular formula is C16H12BrN3O. The van der Waals surface area contributed by atoms with Gasteiger partial charge in [0.1, 0.15) is 6.04 Å². The van der Waals surface area contributed by atoms with Gasteiger partial charge in [-0.05, 0) is 23.8 Å². The van der Waals surface area contributed by atoms with E-state index < -0.39 is 0 Å². The lowest BCUT2D eigenvalue weighted by Gasteiger charge is -2.04. The van der Waals surface area contributed by atoms with Gasteiger partial charge in [0, 0.05) is 22.1 Å². The zero-order chi connectivity index (χ0) is 14.2. The van der Waals surface area contributed by atoms with Gasteiger partial charge in [0.2, 0.25) is 11.7 Å². The third kappa shape index (κ3) is 2.34. The number of nitrogens with zero attached hydrogens (tertiary/aromatic N) is 2. The van der Waals surface area contributed by atoms with Crippen molar-refractivity contribution in [3.05, 3.63) is 64.5 Å². The van der Waals surface area contributed by atoms with Crippen molar-refractivity contribution in [1.29, 1.82) is 0 Å². The summed E-state index contributed by atoms with van der Waals surface area (Å²) in [6, 6.07) is 16.2. The Bertz CT molecular complexity index is 774. The molecule has 4 nitrogen and oxygen atoms in total. The summed E-state index contributed by atoms with van der Waals surface area (Å²) in [6.07, 6.45) is 0.871. The van der Waals surface area contributed by atoms with Gasteiger partial charge in [-0.15, -0.1) is 0 Å². The molecule has 0 spiro atoms. The first-order valence-corrected chi connectivity index (χ1v) is 7.53. The number of nitrogens with one attached hydrogen (secondary N) is 1. The summed E-state index contributed by atoms with van der Waals surface area (Å²) >= 11 is 3.45. The van der Waals surface area contributed by atoms with E-state index in [1.807, 2.05) is 36.4 Å². The largest absolute Gasteiger partial charge is 0.373 e. The highest BCUT2D eigenvalue weighted by Crippen LogP contribution is 2.33. The second-order valence-corrected chi connectivity index (χ2v) is 5.94. The van der Waals surface area contributed by atoms with Gasteiger partial charge in [0.25, 0.3) is 0 Å². The molecule has 1 unspecified atom stereocenters. The number of anilines is 1. The highest BCUT2D eigenvalue weighted by Gasteiger charge is 2.26. The number of para-hydroxylation sites is 1. The zero-order valence-corrected chi connectivity index (χ0v) is 12.7. The van der Waals surface area contributed by atoms with E-state index in [1.54, 1.807) is 0 Å². The fraction of sp³-hybridized carbons (Fsp3) is 0.125. The van der Waals surface area contributed by atoms with Crippen molar-refractivity contribution < 1.29 is 4.52 Å². The maximum absolute atomic E-state index is 5.44. The summed E-state index contributed by atoms with van der Waals surface area (Å²) in [4.78, 5) is 4.53. The highest BCUT2D eigenvalue weighted by atomic mass is 79.9. The lowest BCUT2D eigenvalue weighted by atomic mass is 10.1.